The molecular formula is C8H10F3NO2S. The molecule has 0 radical (unpaired) electrons. The van der Waals surface area contributed by atoms with Crippen LogP contribution in [0.5, 0.6) is 0 Å². The van der Waals surface area contributed by atoms with E-state index in [1.165, 1.54) is 21.1 Å². The highest BCUT2D eigenvalue weighted by molar-refractivity contribution is 7.11. The highest BCUT2D eigenvalue weighted by Gasteiger charge is 2.37. The van der Waals surface area contributed by atoms with Crippen molar-refractivity contribution in [2.24, 2.45) is 0 Å². The van der Waals surface area contributed by atoms with Crippen LogP contribution in [0.2, 0.25) is 0 Å². The van der Waals surface area contributed by atoms with Crippen LogP contribution in [0.3, 0.4) is 0 Å². The van der Waals surface area contributed by atoms with Crippen molar-refractivity contribution in [1.29, 1.82) is 0 Å². The summed E-state index contributed by atoms with van der Waals surface area (Å²) < 4.78 is 46.8. The number of rotatable bonds is 3. The number of thiazole rings is 1. The minimum Gasteiger partial charge on any atom is -0.348 e. The topological polar surface area (TPSA) is 31.4 Å². The summed E-state index contributed by atoms with van der Waals surface area (Å²) in [4.78, 5) is 2.88. The predicted octanol–water partition coefficient (Wildman–Crippen LogP) is 2.63. The van der Waals surface area contributed by atoms with Crippen molar-refractivity contribution in [2.75, 3.05) is 14.2 Å². The molecule has 1 aromatic heterocycles. The van der Waals surface area contributed by atoms with Gasteiger partial charge in [-0.25, -0.2) is 4.98 Å². The van der Waals surface area contributed by atoms with Crippen LogP contribution in [0.4, 0.5) is 13.2 Å². The van der Waals surface area contributed by atoms with Gasteiger partial charge in [0.15, 0.2) is 5.01 Å². The van der Waals surface area contributed by atoms with Crippen LogP contribution in [-0.2, 0) is 21.4 Å². The lowest BCUT2D eigenvalue weighted by Crippen LogP contribution is -2.26. The summed E-state index contributed by atoms with van der Waals surface area (Å²) in [5, 5.41) is 0.139. The highest BCUT2D eigenvalue weighted by Crippen LogP contribution is 2.37. The smallest absolute Gasteiger partial charge is 0.348 e. The average molecular weight is 241 g/mol. The highest BCUT2D eigenvalue weighted by atomic mass is 32.1. The third-order valence-corrected chi connectivity index (χ3v) is 3.18. The summed E-state index contributed by atoms with van der Waals surface area (Å²) in [7, 11) is 2.69. The Labute approximate surface area is 88.8 Å². The molecule has 0 aromatic carbocycles. The van der Waals surface area contributed by atoms with Gasteiger partial charge in [-0.2, -0.15) is 13.2 Å². The molecule has 0 aliphatic carbocycles. The number of methoxy groups -OCH3 is 2. The van der Waals surface area contributed by atoms with Crippen LogP contribution in [0.25, 0.3) is 0 Å². The molecule has 0 amide bonds. The Balaban J connectivity index is 3.03. The van der Waals surface area contributed by atoms with Crippen LogP contribution >= 0.6 is 11.3 Å². The average Bonchev–Trinajstić information content (AvgIpc) is 2.65. The van der Waals surface area contributed by atoms with Crippen molar-refractivity contribution in [2.45, 2.75) is 18.9 Å². The van der Waals surface area contributed by atoms with Crippen LogP contribution in [-0.4, -0.2) is 19.2 Å². The van der Waals surface area contributed by atoms with Gasteiger partial charge in [-0.3, -0.25) is 0 Å². The Morgan fingerprint density at radius 2 is 1.80 bits per heavy atom. The second kappa shape index (κ2) is 4.07. The van der Waals surface area contributed by atoms with Gasteiger partial charge in [0.1, 0.15) is 4.88 Å². The van der Waals surface area contributed by atoms with Gasteiger partial charge in [0.05, 0.1) is 6.20 Å². The zero-order chi connectivity index (χ0) is 11.7. The van der Waals surface area contributed by atoms with Gasteiger partial charge >= 0.3 is 6.18 Å². The van der Waals surface area contributed by atoms with E-state index in [1.807, 2.05) is 0 Å². The van der Waals surface area contributed by atoms with E-state index in [9.17, 15) is 13.2 Å². The lowest BCUT2D eigenvalue weighted by molar-refractivity contribution is -0.201. The predicted molar refractivity (Wildman–Crippen MR) is 48.5 cm³/mol. The number of hydrogen-bond donors (Lipinski definition) is 0. The van der Waals surface area contributed by atoms with E-state index in [4.69, 9.17) is 9.47 Å². The minimum atomic E-state index is -4.38. The van der Waals surface area contributed by atoms with E-state index in [0.29, 0.717) is 11.3 Å². The Morgan fingerprint density at radius 3 is 2.13 bits per heavy atom. The second-order valence-corrected chi connectivity index (χ2v) is 3.91. The Hall–Kier alpha value is -0.660. The third kappa shape index (κ3) is 2.47. The molecule has 0 N–H and O–H groups in total. The quantitative estimate of drug-likeness (QED) is 0.762. The van der Waals surface area contributed by atoms with Gasteiger partial charge in [0.25, 0.3) is 0 Å². The van der Waals surface area contributed by atoms with E-state index < -0.39 is 16.8 Å². The number of nitrogens with zero attached hydrogens (tertiary/aromatic N) is 1. The molecule has 1 rings (SSSR count). The van der Waals surface area contributed by atoms with E-state index in [2.05, 4.69) is 4.98 Å². The molecule has 0 aliphatic heterocycles. The first kappa shape index (κ1) is 12.4. The van der Waals surface area contributed by atoms with Gasteiger partial charge in [-0.05, 0) is 6.92 Å². The van der Waals surface area contributed by atoms with Crippen molar-refractivity contribution < 1.29 is 22.6 Å². The largest absolute Gasteiger partial charge is 0.427 e. The lowest BCUT2D eigenvalue weighted by Gasteiger charge is -2.23. The van der Waals surface area contributed by atoms with Crippen molar-refractivity contribution in [3.8, 4) is 0 Å². The normalized spacial score (nSPS) is 13.2. The van der Waals surface area contributed by atoms with Gasteiger partial charge in [-0.15, -0.1) is 11.3 Å². The summed E-state index contributed by atoms with van der Waals surface area (Å²) in [6.07, 6.45) is -3.60. The summed E-state index contributed by atoms with van der Waals surface area (Å²) in [6.45, 7) is 1.51. The number of ether oxygens (including phenoxy) is 2. The molecule has 1 heterocycles. The molecule has 0 saturated carbocycles. The molecule has 0 saturated heterocycles. The molecule has 86 valence electrons. The SMILES string of the molecule is COC(C)(OC)c1ncc(C(F)(F)F)s1. The van der Waals surface area contributed by atoms with Gasteiger partial charge in [-0.1, -0.05) is 0 Å². The summed E-state index contributed by atoms with van der Waals surface area (Å²) in [6, 6.07) is 0. The standard InChI is InChI=1S/C8H10F3NO2S/c1-7(13-2,14-3)6-12-4-5(15-6)8(9,10)11/h4H,1-3H3. The first-order chi connectivity index (χ1) is 6.83. The number of halogens is 3. The third-order valence-electron chi connectivity index (χ3n) is 1.95. The van der Waals surface area contributed by atoms with E-state index in [1.54, 1.807) is 0 Å². The van der Waals surface area contributed by atoms with Gasteiger partial charge < -0.3 is 9.47 Å². The summed E-state index contributed by atoms with van der Waals surface area (Å²) >= 11 is 0.510. The maximum absolute atomic E-state index is 12.3. The van der Waals surface area contributed by atoms with E-state index >= 15 is 0 Å². The van der Waals surface area contributed by atoms with Crippen molar-refractivity contribution in [1.82, 2.24) is 4.98 Å². The lowest BCUT2D eigenvalue weighted by atomic mass is 10.3. The fourth-order valence-electron chi connectivity index (χ4n) is 0.873. The van der Waals surface area contributed by atoms with Crippen molar-refractivity contribution >= 4 is 11.3 Å². The van der Waals surface area contributed by atoms with E-state index in [-0.39, 0.29) is 5.01 Å². The second-order valence-electron chi connectivity index (χ2n) is 2.88. The first-order valence-electron chi connectivity index (χ1n) is 3.97. The number of hydrogen-bond acceptors (Lipinski definition) is 4. The molecule has 3 nitrogen and oxygen atoms in total. The molecule has 0 spiro atoms. The Bertz CT molecular complexity index is 333. The molecule has 1 aromatic rings. The Morgan fingerprint density at radius 1 is 1.27 bits per heavy atom. The molecule has 15 heavy (non-hydrogen) atoms. The van der Waals surface area contributed by atoms with Crippen LogP contribution in [0.15, 0.2) is 6.20 Å². The number of alkyl halides is 3. The molecule has 0 atom stereocenters. The zero-order valence-electron chi connectivity index (χ0n) is 8.38. The minimum absolute atomic E-state index is 0.139. The number of aromatic nitrogens is 1. The van der Waals surface area contributed by atoms with Crippen molar-refractivity contribution in [3.05, 3.63) is 16.1 Å². The molecule has 0 bridgehead atoms. The van der Waals surface area contributed by atoms with Gasteiger partial charge in [0.2, 0.25) is 5.79 Å². The molecule has 0 fully saturated rings. The van der Waals surface area contributed by atoms with Crippen molar-refractivity contribution in [3.63, 3.8) is 0 Å². The molecule has 0 aliphatic rings. The van der Waals surface area contributed by atoms with Crippen LogP contribution < -0.4 is 0 Å². The maximum atomic E-state index is 12.3. The Kier molecular flexibility index (Phi) is 3.37. The van der Waals surface area contributed by atoms with E-state index in [0.717, 1.165) is 6.20 Å². The molecular weight excluding hydrogens is 231 g/mol. The summed E-state index contributed by atoms with van der Waals surface area (Å²) in [5.74, 6) is -1.23. The summed E-state index contributed by atoms with van der Waals surface area (Å²) in [5.41, 5.74) is 0. The monoisotopic (exact) mass is 241 g/mol. The maximum Gasteiger partial charge on any atom is 0.427 e. The first-order valence-corrected chi connectivity index (χ1v) is 4.79. The van der Waals surface area contributed by atoms with Crippen LogP contribution in [0.1, 0.15) is 16.8 Å². The van der Waals surface area contributed by atoms with Crippen LogP contribution in [0, 0.1) is 0 Å². The fraction of sp³-hybridized carbons (Fsp3) is 0.625. The fourth-order valence-corrected chi connectivity index (χ4v) is 1.76. The molecule has 7 heteroatoms. The van der Waals surface area contributed by atoms with Gasteiger partial charge in [0, 0.05) is 14.2 Å². The molecule has 0 unspecified atom stereocenters. The zero-order valence-corrected chi connectivity index (χ0v) is 9.20.